The maximum absolute atomic E-state index is 8.08. The van der Waals surface area contributed by atoms with Gasteiger partial charge in [-0.2, -0.15) is 11.8 Å². The maximum atomic E-state index is 8.08. The van der Waals surface area contributed by atoms with Crippen molar-refractivity contribution in [2.24, 2.45) is 0 Å². The molecule has 12 heavy (non-hydrogen) atoms. The molecule has 1 aliphatic heterocycles. The van der Waals surface area contributed by atoms with Crippen molar-refractivity contribution in [2.45, 2.75) is 6.10 Å². The highest BCUT2D eigenvalue weighted by Gasteiger charge is 2.19. The van der Waals surface area contributed by atoms with Gasteiger partial charge in [-0.25, -0.2) is 0 Å². The van der Waals surface area contributed by atoms with Crippen LogP contribution in [0.5, 0.6) is 0 Å². The predicted octanol–water partition coefficient (Wildman–Crippen LogP) is 1.47. The third-order valence-electron chi connectivity index (χ3n) is 1.08. The molecule has 0 spiro atoms. The van der Waals surface area contributed by atoms with Crippen LogP contribution in [-0.2, 0) is 4.74 Å². The second-order valence-corrected chi connectivity index (χ2v) is 3.33. The van der Waals surface area contributed by atoms with Gasteiger partial charge in [0.15, 0.2) is 0 Å². The van der Waals surface area contributed by atoms with E-state index < -0.39 is 0 Å². The minimum Gasteiger partial charge on any atom is -0.394 e. The molecule has 1 atom stereocenters. The summed E-state index contributed by atoms with van der Waals surface area (Å²) in [6.45, 7) is 8.11. The summed E-state index contributed by atoms with van der Waals surface area (Å²) in [7, 11) is 0. The van der Waals surface area contributed by atoms with Gasteiger partial charge in [0.25, 0.3) is 0 Å². The van der Waals surface area contributed by atoms with Crippen molar-refractivity contribution >= 4 is 11.8 Å². The second-order valence-electron chi connectivity index (χ2n) is 2.25. The second kappa shape index (κ2) is 8.84. The first-order valence-corrected chi connectivity index (χ1v) is 5.02. The molecule has 70 valence electrons. The molecule has 0 aromatic rings. The first-order chi connectivity index (χ1) is 5.85. The molecule has 1 fully saturated rings. The minimum absolute atomic E-state index is 0.190. The molecule has 1 heterocycles. The molecule has 0 aromatic carbocycles. The number of ether oxygens (including phenoxy) is 1. The molecule has 0 saturated carbocycles. The highest BCUT2D eigenvalue weighted by molar-refractivity contribution is 7.99. The van der Waals surface area contributed by atoms with E-state index >= 15 is 0 Å². The predicted molar refractivity (Wildman–Crippen MR) is 54.5 cm³/mol. The molecule has 2 nitrogen and oxygen atoms in total. The standard InChI is InChI=1S/C6H10S.C3H6O2/c1-3-5-7-6-4-2;4-1-3-2-5-3/h3-4H,1-2,5-6H2;3-4H,1-2H2. The Bertz CT molecular complexity index is 114. The Morgan fingerprint density at radius 3 is 2.08 bits per heavy atom. The molecule has 3 heteroatoms. The van der Waals surface area contributed by atoms with Crippen LogP contribution < -0.4 is 0 Å². The molecule has 0 amide bonds. The zero-order valence-electron chi connectivity index (χ0n) is 7.24. The Hall–Kier alpha value is -0.250. The molecular weight excluding hydrogens is 172 g/mol. The Labute approximate surface area is 78.3 Å². The van der Waals surface area contributed by atoms with Gasteiger partial charge in [-0.05, 0) is 0 Å². The number of aliphatic hydroxyl groups is 1. The van der Waals surface area contributed by atoms with Crippen LogP contribution in [-0.4, -0.2) is 35.9 Å². The highest BCUT2D eigenvalue weighted by atomic mass is 32.2. The summed E-state index contributed by atoms with van der Waals surface area (Å²) >= 11 is 1.82. The first-order valence-electron chi connectivity index (χ1n) is 3.87. The Morgan fingerprint density at radius 1 is 1.42 bits per heavy atom. The zero-order chi connectivity index (χ0) is 9.23. The summed E-state index contributed by atoms with van der Waals surface area (Å²) < 4.78 is 4.61. The van der Waals surface area contributed by atoms with Gasteiger partial charge in [0.2, 0.25) is 0 Å². The summed E-state index contributed by atoms with van der Waals surface area (Å²) in [6.07, 6.45) is 3.98. The van der Waals surface area contributed by atoms with Crippen LogP contribution >= 0.6 is 11.8 Å². The molecular formula is C9H16O2S. The number of rotatable bonds is 5. The normalized spacial score (nSPS) is 18.9. The molecule has 1 aliphatic rings. The van der Waals surface area contributed by atoms with E-state index in [4.69, 9.17) is 5.11 Å². The average Bonchev–Trinajstić information content (AvgIpc) is 2.89. The minimum atomic E-state index is 0.190. The monoisotopic (exact) mass is 188 g/mol. The Kier molecular flexibility index (Phi) is 8.66. The molecule has 1 N–H and O–H groups in total. The van der Waals surface area contributed by atoms with Gasteiger partial charge in [0.05, 0.1) is 13.2 Å². The van der Waals surface area contributed by atoms with Crippen LogP contribution in [0.2, 0.25) is 0 Å². The van der Waals surface area contributed by atoms with E-state index in [1.54, 1.807) is 0 Å². The van der Waals surface area contributed by atoms with Gasteiger partial charge >= 0.3 is 0 Å². The van der Waals surface area contributed by atoms with Crippen molar-refractivity contribution in [1.82, 2.24) is 0 Å². The first kappa shape index (κ1) is 11.8. The zero-order valence-corrected chi connectivity index (χ0v) is 8.05. The summed E-state index contributed by atoms with van der Waals surface area (Å²) in [5.41, 5.74) is 0. The van der Waals surface area contributed by atoms with Crippen molar-refractivity contribution < 1.29 is 9.84 Å². The number of epoxide rings is 1. The van der Waals surface area contributed by atoms with Crippen molar-refractivity contribution in [2.75, 3.05) is 24.7 Å². The van der Waals surface area contributed by atoms with E-state index in [0.29, 0.717) is 0 Å². The topological polar surface area (TPSA) is 32.8 Å². The van der Waals surface area contributed by atoms with Gasteiger partial charge in [-0.3, -0.25) is 0 Å². The third-order valence-corrected chi connectivity index (χ3v) is 2.02. The van der Waals surface area contributed by atoms with E-state index in [2.05, 4.69) is 17.9 Å². The number of thioether (sulfide) groups is 1. The number of aliphatic hydroxyl groups excluding tert-OH is 1. The molecule has 0 aromatic heterocycles. The van der Waals surface area contributed by atoms with Gasteiger partial charge in [-0.15, -0.1) is 13.2 Å². The molecule has 0 radical (unpaired) electrons. The van der Waals surface area contributed by atoms with Crippen molar-refractivity contribution in [3.8, 4) is 0 Å². The van der Waals surface area contributed by atoms with Gasteiger partial charge in [0.1, 0.15) is 6.10 Å². The van der Waals surface area contributed by atoms with Crippen molar-refractivity contribution in [3.63, 3.8) is 0 Å². The summed E-state index contributed by atoms with van der Waals surface area (Å²) in [4.78, 5) is 0. The van der Waals surface area contributed by atoms with Crippen LogP contribution in [0.1, 0.15) is 0 Å². The van der Waals surface area contributed by atoms with E-state index in [1.807, 2.05) is 23.9 Å². The summed E-state index contributed by atoms with van der Waals surface area (Å²) in [5.74, 6) is 2.07. The summed E-state index contributed by atoms with van der Waals surface area (Å²) in [5, 5.41) is 8.08. The fourth-order valence-corrected chi connectivity index (χ4v) is 0.878. The molecule has 1 saturated heterocycles. The lowest BCUT2D eigenvalue weighted by Gasteiger charge is -1.85. The quantitative estimate of drug-likeness (QED) is 0.403. The fraction of sp³-hybridized carbons (Fsp3) is 0.556. The Balaban J connectivity index is 0.000000211. The maximum Gasteiger partial charge on any atom is 0.104 e. The SMILES string of the molecule is C=CCSCC=C.OCC1CO1. The Morgan fingerprint density at radius 2 is 1.92 bits per heavy atom. The highest BCUT2D eigenvalue weighted by Crippen LogP contribution is 2.04. The average molecular weight is 188 g/mol. The smallest absolute Gasteiger partial charge is 0.104 e. The van der Waals surface area contributed by atoms with Crippen LogP contribution in [0.25, 0.3) is 0 Å². The van der Waals surface area contributed by atoms with E-state index in [0.717, 1.165) is 18.1 Å². The third kappa shape index (κ3) is 9.75. The fourth-order valence-electron chi connectivity index (χ4n) is 0.408. The lowest BCUT2D eigenvalue weighted by atomic mass is 10.5. The number of hydrogen-bond donors (Lipinski definition) is 1. The molecule has 0 bridgehead atoms. The summed E-state index contributed by atoms with van der Waals surface area (Å²) in [6, 6.07) is 0. The van der Waals surface area contributed by atoms with Crippen LogP contribution in [0.4, 0.5) is 0 Å². The van der Waals surface area contributed by atoms with Crippen molar-refractivity contribution in [1.29, 1.82) is 0 Å². The largest absolute Gasteiger partial charge is 0.394 e. The van der Waals surface area contributed by atoms with E-state index in [9.17, 15) is 0 Å². The van der Waals surface area contributed by atoms with Crippen LogP contribution in [0.3, 0.4) is 0 Å². The van der Waals surface area contributed by atoms with Crippen molar-refractivity contribution in [3.05, 3.63) is 25.3 Å². The van der Waals surface area contributed by atoms with Gasteiger partial charge < -0.3 is 9.84 Å². The van der Waals surface area contributed by atoms with Gasteiger partial charge in [0, 0.05) is 11.5 Å². The molecule has 1 rings (SSSR count). The number of hydrogen-bond acceptors (Lipinski definition) is 3. The van der Waals surface area contributed by atoms with Crippen LogP contribution in [0, 0.1) is 0 Å². The van der Waals surface area contributed by atoms with Gasteiger partial charge in [-0.1, -0.05) is 12.2 Å². The lowest BCUT2D eigenvalue weighted by molar-refractivity contribution is 0.244. The van der Waals surface area contributed by atoms with Crippen LogP contribution in [0.15, 0.2) is 25.3 Å². The lowest BCUT2D eigenvalue weighted by Crippen LogP contribution is -1.88. The van der Waals surface area contributed by atoms with E-state index in [1.165, 1.54) is 0 Å². The molecule has 0 aliphatic carbocycles. The molecule has 1 unspecified atom stereocenters. The van der Waals surface area contributed by atoms with E-state index in [-0.39, 0.29) is 12.7 Å².